The first kappa shape index (κ1) is 21.5. The summed E-state index contributed by atoms with van der Waals surface area (Å²) in [7, 11) is 0. The predicted molar refractivity (Wildman–Crippen MR) is 112 cm³/mol. The summed E-state index contributed by atoms with van der Waals surface area (Å²) >= 11 is 0. The van der Waals surface area contributed by atoms with E-state index in [0.29, 0.717) is 31.3 Å². The Labute approximate surface area is 183 Å². The summed E-state index contributed by atoms with van der Waals surface area (Å²) in [6, 6.07) is 0. The molecule has 5 aliphatic rings. The highest BCUT2D eigenvalue weighted by atomic mass is 19.1. The molecule has 6 heteroatoms. The van der Waals surface area contributed by atoms with Crippen LogP contribution in [0.2, 0.25) is 0 Å². The molecule has 0 radical (unpaired) electrons. The number of fused-ring (bicyclic) bond motifs is 6. The lowest BCUT2D eigenvalue weighted by Crippen LogP contribution is -2.66. The van der Waals surface area contributed by atoms with Gasteiger partial charge in [0.2, 0.25) is 0 Å². The molecule has 1 unspecified atom stereocenters. The molecule has 3 fully saturated rings. The standard InChI is InChI=1S/C25H33FO5/c1-5-24(29)30-13-21(28)25(31-24)14(2)10-18-16-12-20(26)19-11-15(27)6-8-22(19,3)17(16)7-9-23(18,25)4/h7,11,14,16,18,20,29H,5-6,8-10,12-13H2,1-4H3/t14-,16+,18-,20-,22+,23-,24?,25-/m0/s1. The van der Waals surface area contributed by atoms with Crippen molar-refractivity contribution in [3.05, 3.63) is 23.3 Å². The van der Waals surface area contributed by atoms with E-state index in [0.717, 1.165) is 6.42 Å². The third-order valence-electron chi connectivity index (χ3n) is 9.47. The first-order valence-electron chi connectivity index (χ1n) is 11.7. The fourth-order valence-electron chi connectivity index (χ4n) is 7.80. The van der Waals surface area contributed by atoms with E-state index in [-0.39, 0.29) is 42.3 Å². The second-order valence-electron chi connectivity index (χ2n) is 10.8. The molecule has 2 saturated carbocycles. The fourth-order valence-corrected chi connectivity index (χ4v) is 7.80. The summed E-state index contributed by atoms with van der Waals surface area (Å²) in [5.74, 6) is -1.92. The number of hydrogen-bond acceptors (Lipinski definition) is 5. The minimum Gasteiger partial charge on any atom is -0.343 e. The summed E-state index contributed by atoms with van der Waals surface area (Å²) in [6.45, 7) is 7.79. The molecule has 0 aromatic heterocycles. The van der Waals surface area contributed by atoms with Crippen LogP contribution in [0.3, 0.4) is 0 Å². The second kappa shape index (κ2) is 6.58. The van der Waals surface area contributed by atoms with Crippen molar-refractivity contribution in [3.8, 4) is 0 Å². The quantitative estimate of drug-likeness (QED) is 0.633. The third kappa shape index (κ3) is 2.58. The Balaban J connectivity index is 1.61. The van der Waals surface area contributed by atoms with Crippen molar-refractivity contribution in [1.82, 2.24) is 0 Å². The number of carbonyl (C=O) groups excluding carboxylic acids is 2. The van der Waals surface area contributed by atoms with Crippen molar-refractivity contribution in [2.75, 3.05) is 6.61 Å². The number of carbonyl (C=O) groups is 2. The minimum absolute atomic E-state index is 0.000101. The molecule has 0 amide bonds. The molecular weight excluding hydrogens is 399 g/mol. The maximum Gasteiger partial charge on any atom is 0.281 e. The van der Waals surface area contributed by atoms with Gasteiger partial charge in [0.1, 0.15) is 18.4 Å². The van der Waals surface area contributed by atoms with Crippen LogP contribution in [0.4, 0.5) is 4.39 Å². The summed E-state index contributed by atoms with van der Waals surface area (Å²) in [5.41, 5.74) is -0.256. The van der Waals surface area contributed by atoms with Gasteiger partial charge < -0.3 is 14.6 Å². The number of ketones is 2. The molecule has 0 bridgehead atoms. The van der Waals surface area contributed by atoms with E-state index in [2.05, 4.69) is 19.9 Å². The summed E-state index contributed by atoms with van der Waals surface area (Å²) in [5, 5.41) is 10.8. The number of rotatable bonds is 1. The van der Waals surface area contributed by atoms with Gasteiger partial charge in [-0.25, -0.2) is 4.39 Å². The van der Waals surface area contributed by atoms with Gasteiger partial charge >= 0.3 is 0 Å². The molecule has 1 N–H and O–H groups in total. The van der Waals surface area contributed by atoms with E-state index in [1.807, 2.05) is 6.92 Å². The largest absolute Gasteiger partial charge is 0.343 e. The number of hydrogen-bond donors (Lipinski definition) is 1. The van der Waals surface area contributed by atoms with Crippen molar-refractivity contribution in [2.45, 2.75) is 84.0 Å². The van der Waals surface area contributed by atoms with E-state index >= 15 is 4.39 Å². The van der Waals surface area contributed by atoms with Gasteiger partial charge in [-0.15, -0.1) is 0 Å². The Hall–Kier alpha value is -1.37. The Morgan fingerprint density at radius 3 is 2.68 bits per heavy atom. The molecule has 5 rings (SSSR count). The molecule has 1 saturated heterocycles. The minimum atomic E-state index is -1.77. The zero-order chi connectivity index (χ0) is 22.4. The molecule has 5 nitrogen and oxygen atoms in total. The average molecular weight is 433 g/mol. The van der Waals surface area contributed by atoms with Gasteiger partial charge in [0.15, 0.2) is 11.6 Å². The van der Waals surface area contributed by atoms with E-state index in [1.54, 1.807) is 13.0 Å². The van der Waals surface area contributed by atoms with Crippen LogP contribution in [0.5, 0.6) is 0 Å². The van der Waals surface area contributed by atoms with Crippen LogP contribution < -0.4 is 0 Å². The number of Topliss-reactive ketones (excluding diaryl/α,β-unsaturated/α-hetero) is 1. The number of aliphatic hydroxyl groups is 1. The molecule has 0 aromatic rings. The fraction of sp³-hybridized carbons (Fsp3) is 0.760. The molecule has 4 aliphatic carbocycles. The SMILES string of the molecule is CCC1(O)OCC(=O)[C@@]2(O1)[C@@H](C)C[C@H]1[C@@H]3C[C@H](F)C4=CC(=O)CC[C@]4(C)C3=CC[C@@]12C. The third-order valence-corrected chi connectivity index (χ3v) is 9.47. The molecular formula is C25H33FO5. The number of ether oxygens (including phenoxy) is 2. The van der Waals surface area contributed by atoms with Gasteiger partial charge in [-0.05, 0) is 55.1 Å². The Morgan fingerprint density at radius 1 is 1.23 bits per heavy atom. The van der Waals surface area contributed by atoms with Gasteiger partial charge in [-0.3, -0.25) is 9.59 Å². The maximum absolute atomic E-state index is 15.5. The highest BCUT2D eigenvalue weighted by molar-refractivity contribution is 5.92. The van der Waals surface area contributed by atoms with E-state index in [9.17, 15) is 14.7 Å². The lowest BCUT2D eigenvalue weighted by atomic mass is 9.50. The first-order valence-corrected chi connectivity index (χ1v) is 11.7. The molecule has 1 heterocycles. The Kier molecular flexibility index (Phi) is 4.56. The Bertz CT molecular complexity index is 910. The molecule has 0 aromatic carbocycles. The van der Waals surface area contributed by atoms with Gasteiger partial charge in [-0.1, -0.05) is 39.3 Å². The number of alkyl halides is 1. The van der Waals surface area contributed by atoms with Crippen LogP contribution >= 0.6 is 0 Å². The molecule has 1 aliphatic heterocycles. The normalized spacial score (nSPS) is 51.7. The van der Waals surface area contributed by atoms with Crippen molar-refractivity contribution in [2.24, 2.45) is 28.6 Å². The molecule has 170 valence electrons. The van der Waals surface area contributed by atoms with Crippen LogP contribution in [0, 0.1) is 28.6 Å². The molecule has 8 atom stereocenters. The van der Waals surface area contributed by atoms with Crippen molar-refractivity contribution < 1.29 is 28.6 Å². The number of allylic oxidation sites excluding steroid dienone is 4. The van der Waals surface area contributed by atoms with Crippen molar-refractivity contribution >= 4 is 11.6 Å². The van der Waals surface area contributed by atoms with Gasteiger partial charge in [-0.2, -0.15) is 0 Å². The maximum atomic E-state index is 15.5. The average Bonchev–Trinajstić information content (AvgIpc) is 2.95. The highest BCUT2D eigenvalue weighted by Gasteiger charge is 2.72. The van der Waals surface area contributed by atoms with Crippen LogP contribution in [-0.4, -0.2) is 41.0 Å². The molecule has 31 heavy (non-hydrogen) atoms. The zero-order valence-corrected chi connectivity index (χ0v) is 18.9. The predicted octanol–water partition coefficient (Wildman–Crippen LogP) is 4.04. The zero-order valence-electron chi connectivity index (χ0n) is 18.9. The monoisotopic (exact) mass is 432 g/mol. The van der Waals surface area contributed by atoms with E-state index in [1.165, 1.54) is 5.57 Å². The second-order valence-corrected chi connectivity index (χ2v) is 10.8. The highest BCUT2D eigenvalue weighted by Crippen LogP contribution is 2.69. The van der Waals surface area contributed by atoms with Crippen LogP contribution in [0.15, 0.2) is 23.3 Å². The van der Waals surface area contributed by atoms with Crippen LogP contribution in [0.1, 0.15) is 66.2 Å². The van der Waals surface area contributed by atoms with Gasteiger partial charge in [0.05, 0.1) is 0 Å². The van der Waals surface area contributed by atoms with Crippen molar-refractivity contribution in [3.63, 3.8) is 0 Å². The van der Waals surface area contributed by atoms with Gasteiger partial charge in [0, 0.05) is 23.7 Å². The summed E-state index contributed by atoms with van der Waals surface area (Å²) < 4.78 is 27.1. The van der Waals surface area contributed by atoms with E-state index < -0.39 is 28.6 Å². The first-order chi connectivity index (χ1) is 14.5. The Morgan fingerprint density at radius 2 is 1.97 bits per heavy atom. The lowest BCUT2D eigenvalue weighted by molar-refractivity contribution is -0.419. The number of halogens is 1. The lowest BCUT2D eigenvalue weighted by Gasteiger charge is -2.57. The van der Waals surface area contributed by atoms with Crippen molar-refractivity contribution in [1.29, 1.82) is 0 Å². The molecule has 1 spiro atoms. The van der Waals surface area contributed by atoms with E-state index in [4.69, 9.17) is 9.47 Å². The summed E-state index contributed by atoms with van der Waals surface area (Å²) in [4.78, 5) is 25.4. The topological polar surface area (TPSA) is 72.8 Å². The van der Waals surface area contributed by atoms with Crippen LogP contribution in [0.25, 0.3) is 0 Å². The van der Waals surface area contributed by atoms with Crippen LogP contribution in [-0.2, 0) is 19.1 Å². The van der Waals surface area contributed by atoms with Gasteiger partial charge in [0.25, 0.3) is 5.97 Å². The summed E-state index contributed by atoms with van der Waals surface area (Å²) in [6.07, 6.45) is 5.63. The smallest absolute Gasteiger partial charge is 0.281 e.